The van der Waals surface area contributed by atoms with Gasteiger partial charge in [0.2, 0.25) is 0 Å². The molecule has 0 saturated carbocycles. The van der Waals surface area contributed by atoms with E-state index in [0.29, 0.717) is 24.2 Å². The van der Waals surface area contributed by atoms with Crippen LogP contribution in [0.2, 0.25) is 0 Å². The van der Waals surface area contributed by atoms with E-state index in [4.69, 9.17) is 4.74 Å². The molecule has 0 fully saturated rings. The highest BCUT2D eigenvalue weighted by Gasteiger charge is 2.11. The van der Waals surface area contributed by atoms with Gasteiger partial charge in [0.05, 0.1) is 7.11 Å². The zero-order chi connectivity index (χ0) is 21.4. The molecule has 1 atom stereocenters. The van der Waals surface area contributed by atoms with Crippen molar-refractivity contribution in [2.75, 3.05) is 19.0 Å². The van der Waals surface area contributed by atoms with Crippen LogP contribution in [-0.4, -0.2) is 31.6 Å². The molecule has 0 aromatic heterocycles. The van der Waals surface area contributed by atoms with Crippen LogP contribution in [-0.2, 0) is 6.42 Å². The van der Waals surface area contributed by atoms with Gasteiger partial charge in [-0.25, -0.2) is 4.79 Å². The maximum Gasteiger partial charge on any atom is 0.319 e. The van der Waals surface area contributed by atoms with Gasteiger partial charge >= 0.3 is 6.03 Å². The molecular formula is C23H31N3O3. The first kappa shape index (κ1) is 22.3. The molecule has 2 aromatic carbocycles. The van der Waals surface area contributed by atoms with Gasteiger partial charge < -0.3 is 20.7 Å². The fourth-order valence-electron chi connectivity index (χ4n) is 2.93. The molecule has 0 spiro atoms. The second-order valence-corrected chi connectivity index (χ2v) is 7.26. The van der Waals surface area contributed by atoms with Gasteiger partial charge in [-0.1, -0.05) is 24.6 Å². The lowest BCUT2D eigenvalue weighted by molar-refractivity contribution is 0.0939. The molecule has 0 saturated heterocycles. The number of nitrogens with one attached hydrogen (secondary N) is 3. The van der Waals surface area contributed by atoms with Crippen LogP contribution < -0.4 is 20.7 Å². The molecule has 3 N–H and O–H groups in total. The van der Waals surface area contributed by atoms with Crippen LogP contribution in [0.3, 0.4) is 0 Å². The third-order valence-corrected chi connectivity index (χ3v) is 4.84. The largest absolute Gasteiger partial charge is 0.496 e. The summed E-state index contributed by atoms with van der Waals surface area (Å²) >= 11 is 0. The van der Waals surface area contributed by atoms with Crippen molar-refractivity contribution in [1.82, 2.24) is 10.6 Å². The van der Waals surface area contributed by atoms with Gasteiger partial charge in [0.25, 0.3) is 5.91 Å². The minimum absolute atomic E-state index is 0.106. The Labute approximate surface area is 173 Å². The van der Waals surface area contributed by atoms with E-state index < -0.39 is 0 Å². The predicted octanol–water partition coefficient (Wildman–Crippen LogP) is 4.20. The Hall–Kier alpha value is -3.02. The first-order valence-corrected chi connectivity index (χ1v) is 9.94. The summed E-state index contributed by atoms with van der Waals surface area (Å²) in [4.78, 5) is 24.5. The van der Waals surface area contributed by atoms with Crippen molar-refractivity contribution in [3.05, 3.63) is 58.7 Å². The fourth-order valence-corrected chi connectivity index (χ4v) is 2.93. The van der Waals surface area contributed by atoms with Crippen molar-refractivity contribution in [3.8, 4) is 5.75 Å². The highest BCUT2D eigenvalue weighted by atomic mass is 16.5. The quantitative estimate of drug-likeness (QED) is 0.624. The highest BCUT2D eigenvalue weighted by molar-refractivity contribution is 5.96. The molecule has 0 radical (unpaired) electrons. The van der Waals surface area contributed by atoms with Crippen LogP contribution in [0.1, 0.15) is 47.3 Å². The van der Waals surface area contributed by atoms with Gasteiger partial charge in [-0.05, 0) is 69.0 Å². The molecule has 6 nitrogen and oxygen atoms in total. The lowest BCUT2D eigenvalue weighted by atomic mass is 10.1. The summed E-state index contributed by atoms with van der Waals surface area (Å²) in [5.74, 6) is 0.713. The number of carbonyl (C=O) groups is 2. The van der Waals surface area contributed by atoms with E-state index in [0.717, 1.165) is 28.9 Å². The van der Waals surface area contributed by atoms with E-state index in [1.807, 2.05) is 39.8 Å². The van der Waals surface area contributed by atoms with Gasteiger partial charge in [0.1, 0.15) is 5.75 Å². The Kier molecular flexibility index (Phi) is 8.07. The van der Waals surface area contributed by atoms with E-state index >= 15 is 0 Å². The topological polar surface area (TPSA) is 79.5 Å². The lowest BCUT2D eigenvalue weighted by Crippen LogP contribution is -2.32. The normalized spacial score (nSPS) is 11.5. The Morgan fingerprint density at radius 2 is 1.86 bits per heavy atom. The average Bonchev–Trinajstić information content (AvgIpc) is 2.69. The van der Waals surface area contributed by atoms with Gasteiger partial charge in [-0.2, -0.15) is 0 Å². The van der Waals surface area contributed by atoms with Crippen molar-refractivity contribution >= 4 is 17.6 Å². The first-order valence-electron chi connectivity index (χ1n) is 9.94. The molecule has 3 amide bonds. The molecule has 0 heterocycles. The summed E-state index contributed by atoms with van der Waals surface area (Å²) in [7, 11) is 1.64. The summed E-state index contributed by atoms with van der Waals surface area (Å²) < 4.78 is 5.37. The Bertz CT molecular complexity index is 864. The molecule has 0 bridgehead atoms. The number of carbonyl (C=O) groups excluding carboxylic acids is 2. The summed E-state index contributed by atoms with van der Waals surface area (Å²) in [5.41, 5.74) is 4.30. The van der Waals surface area contributed by atoms with Gasteiger partial charge in [0, 0.05) is 23.8 Å². The third kappa shape index (κ3) is 6.52. The molecule has 6 heteroatoms. The van der Waals surface area contributed by atoms with Crippen LogP contribution in [0, 0.1) is 13.8 Å². The number of benzene rings is 2. The molecular weight excluding hydrogens is 366 g/mol. The summed E-state index contributed by atoms with van der Waals surface area (Å²) in [6, 6.07) is 11.1. The van der Waals surface area contributed by atoms with Gasteiger partial charge in [-0.3, -0.25) is 4.79 Å². The number of urea groups is 1. The van der Waals surface area contributed by atoms with Gasteiger partial charge in [0.15, 0.2) is 0 Å². The highest BCUT2D eigenvalue weighted by Crippen LogP contribution is 2.20. The minimum Gasteiger partial charge on any atom is -0.496 e. The molecule has 156 valence electrons. The number of methoxy groups -OCH3 is 1. The van der Waals surface area contributed by atoms with Crippen molar-refractivity contribution in [1.29, 1.82) is 0 Å². The number of rotatable bonds is 8. The van der Waals surface area contributed by atoms with Gasteiger partial charge in [-0.15, -0.1) is 0 Å². The second kappa shape index (κ2) is 10.5. The van der Waals surface area contributed by atoms with Crippen molar-refractivity contribution in [2.24, 2.45) is 0 Å². The number of hydrogen-bond acceptors (Lipinski definition) is 3. The number of anilines is 1. The maximum absolute atomic E-state index is 12.2. The van der Waals surface area contributed by atoms with Crippen molar-refractivity contribution in [2.45, 2.75) is 46.6 Å². The average molecular weight is 398 g/mol. The SMILES string of the molecule is CCC(C)NC(=O)c1ccc(NC(=O)NCCc2cc(C)ccc2OC)c(C)c1. The first-order chi connectivity index (χ1) is 13.8. The molecule has 29 heavy (non-hydrogen) atoms. The molecule has 0 aliphatic rings. The molecule has 2 aromatic rings. The Balaban J connectivity index is 1.91. The zero-order valence-corrected chi connectivity index (χ0v) is 17.9. The molecule has 0 aliphatic heterocycles. The van der Waals surface area contributed by atoms with Crippen LogP contribution >= 0.6 is 0 Å². The Morgan fingerprint density at radius 1 is 1.10 bits per heavy atom. The van der Waals surface area contributed by atoms with E-state index in [1.54, 1.807) is 25.3 Å². The fraction of sp³-hybridized carbons (Fsp3) is 0.391. The predicted molar refractivity (Wildman–Crippen MR) is 117 cm³/mol. The number of hydrogen-bond donors (Lipinski definition) is 3. The van der Waals surface area contributed by atoms with Crippen LogP contribution in [0.5, 0.6) is 5.75 Å². The summed E-state index contributed by atoms with van der Waals surface area (Å²) in [6.45, 7) is 8.38. The van der Waals surface area contributed by atoms with Crippen LogP contribution in [0.25, 0.3) is 0 Å². The third-order valence-electron chi connectivity index (χ3n) is 4.84. The monoisotopic (exact) mass is 397 g/mol. The van der Waals surface area contributed by atoms with E-state index in [-0.39, 0.29) is 18.0 Å². The smallest absolute Gasteiger partial charge is 0.319 e. The van der Waals surface area contributed by atoms with Crippen LogP contribution in [0.15, 0.2) is 36.4 Å². The number of ether oxygens (including phenoxy) is 1. The second-order valence-electron chi connectivity index (χ2n) is 7.26. The lowest BCUT2D eigenvalue weighted by Gasteiger charge is -2.14. The zero-order valence-electron chi connectivity index (χ0n) is 17.9. The van der Waals surface area contributed by atoms with Crippen molar-refractivity contribution in [3.63, 3.8) is 0 Å². The Morgan fingerprint density at radius 3 is 2.52 bits per heavy atom. The van der Waals surface area contributed by atoms with Crippen molar-refractivity contribution < 1.29 is 14.3 Å². The summed E-state index contributed by atoms with van der Waals surface area (Å²) in [5, 5.41) is 8.65. The molecule has 1 unspecified atom stereocenters. The standard InChI is InChI=1S/C23H31N3O3/c1-6-17(4)25-22(27)19-8-9-20(16(3)14-19)26-23(28)24-12-11-18-13-15(2)7-10-21(18)29-5/h7-10,13-14,17H,6,11-12H2,1-5H3,(H,25,27)(H2,24,26,28). The van der Waals surface area contributed by atoms with E-state index in [1.165, 1.54) is 0 Å². The maximum atomic E-state index is 12.2. The number of aryl methyl sites for hydroxylation is 2. The number of amides is 3. The molecule has 0 aliphatic carbocycles. The van der Waals surface area contributed by atoms with E-state index in [9.17, 15) is 9.59 Å². The molecule has 2 rings (SSSR count). The van der Waals surface area contributed by atoms with E-state index in [2.05, 4.69) is 22.0 Å². The minimum atomic E-state index is -0.281. The summed E-state index contributed by atoms with van der Waals surface area (Å²) in [6.07, 6.45) is 1.55. The van der Waals surface area contributed by atoms with Crippen LogP contribution in [0.4, 0.5) is 10.5 Å².